The van der Waals surface area contributed by atoms with E-state index < -0.39 is 0 Å². The molecule has 0 aliphatic heterocycles. The molecule has 0 aliphatic rings. The molecule has 0 amide bonds. The van der Waals surface area contributed by atoms with Crippen molar-refractivity contribution in [1.82, 2.24) is 9.36 Å². The fourth-order valence-corrected chi connectivity index (χ4v) is 2.44. The first-order valence-electron chi connectivity index (χ1n) is 7.25. The van der Waals surface area contributed by atoms with Crippen LogP contribution in [0, 0.1) is 5.92 Å². The Balaban J connectivity index is 2.46. The van der Waals surface area contributed by atoms with Crippen LogP contribution in [-0.4, -0.2) is 16.0 Å². The highest BCUT2D eigenvalue weighted by atomic mass is 16.5. The molecule has 0 aliphatic carbocycles. The van der Waals surface area contributed by atoms with Crippen molar-refractivity contribution < 1.29 is 4.74 Å². The van der Waals surface area contributed by atoms with Gasteiger partial charge in [-0.05, 0) is 43.5 Å². The number of ether oxygens (including phenoxy) is 1. The van der Waals surface area contributed by atoms with Crippen LogP contribution in [0.25, 0.3) is 5.69 Å². The van der Waals surface area contributed by atoms with Crippen molar-refractivity contribution >= 4 is 5.69 Å². The molecule has 2 aromatic rings. The summed E-state index contributed by atoms with van der Waals surface area (Å²) < 4.78 is 8.86. The summed E-state index contributed by atoms with van der Waals surface area (Å²) in [6.45, 7) is 6.78. The molecule has 0 radical (unpaired) electrons. The standard InChI is InChI=1S/C16H23N3O2/c1-5-21-13-8-6-12(7-9-13)19-16(20)15(17)14(18(19)4)10-11(2)3/h6-9,11H,5,10,17H2,1-4H3. The SMILES string of the molecule is CCOc1ccc(-n2c(=O)c(N)c(CC(C)C)n2C)cc1. The maximum absolute atomic E-state index is 12.4. The fourth-order valence-electron chi connectivity index (χ4n) is 2.44. The maximum Gasteiger partial charge on any atom is 0.294 e. The third-order valence-corrected chi connectivity index (χ3v) is 3.42. The molecule has 114 valence electrons. The summed E-state index contributed by atoms with van der Waals surface area (Å²) in [5, 5.41) is 0. The highest BCUT2D eigenvalue weighted by Gasteiger charge is 2.17. The lowest BCUT2D eigenvalue weighted by atomic mass is 10.1. The van der Waals surface area contributed by atoms with Crippen LogP contribution in [0.2, 0.25) is 0 Å². The molecule has 0 spiro atoms. The fraction of sp³-hybridized carbons (Fsp3) is 0.438. The summed E-state index contributed by atoms with van der Waals surface area (Å²) >= 11 is 0. The number of hydrogen-bond donors (Lipinski definition) is 1. The zero-order chi connectivity index (χ0) is 15.6. The quantitative estimate of drug-likeness (QED) is 0.919. The van der Waals surface area contributed by atoms with Gasteiger partial charge in [-0.3, -0.25) is 9.48 Å². The van der Waals surface area contributed by atoms with Gasteiger partial charge >= 0.3 is 0 Å². The summed E-state index contributed by atoms with van der Waals surface area (Å²) in [4.78, 5) is 12.4. The van der Waals surface area contributed by atoms with Crippen LogP contribution >= 0.6 is 0 Å². The molecule has 0 saturated carbocycles. The van der Waals surface area contributed by atoms with Gasteiger partial charge in [0.05, 0.1) is 18.0 Å². The van der Waals surface area contributed by atoms with Gasteiger partial charge in [0.15, 0.2) is 0 Å². The van der Waals surface area contributed by atoms with E-state index in [9.17, 15) is 4.79 Å². The van der Waals surface area contributed by atoms with E-state index in [-0.39, 0.29) is 5.56 Å². The van der Waals surface area contributed by atoms with Gasteiger partial charge in [0, 0.05) is 7.05 Å². The Morgan fingerprint density at radius 2 is 1.86 bits per heavy atom. The third kappa shape index (κ3) is 2.96. The van der Waals surface area contributed by atoms with Crippen LogP contribution in [0.15, 0.2) is 29.1 Å². The summed E-state index contributed by atoms with van der Waals surface area (Å²) in [7, 11) is 1.87. The van der Waals surface area contributed by atoms with Gasteiger partial charge in [-0.1, -0.05) is 13.8 Å². The van der Waals surface area contributed by atoms with Gasteiger partial charge in [-0.2, -0.15) is 0 Å². The Labute approximate surface area is 124 Å². The van der Waals surface area contributed by atoms with Crippen molar-refractivity contribution in [3.05, 3.63) is 40.3 Å². The minimum Gasteiger partial charge on any atom is -0.494 e. The summed E-state index contributed by atoms with van der Waals surface area (Å²) in [6, 6.07) is 7.45. The second-order valence-electron chi connectivity index (χ2n) is 5.53. The van der Waals surface area contributed by atoms with Gasteiger partial charge < -0.3 is 10.5 Å². The zero-order valence-corrected chi connectivity index (χ0v) is 13.1. The van der Waals surface area contributed by atoms with Crippen molar-refractivity contribution in [3.8, 4) is 11.4 Å². The van der Waals surface area contributed by atoms with Gasteiger partial charge in [0.1, 0.15) is 11.4 Å². The van der Waals surface area contributed by atoms with E-state index in [0.29, 0.717) is 18.2 Å². The monoisotopic (exact) mass is 289 g/mol. The normalized spacial score (nSPS) is 11.1. The van der Waals surface area contributed by atoms with Crippen molar-refractivity contribution in [2.75, 3.05) is 12.3 Å². The molecule has 2 rings (SSSR count). The molecule has 0 atom stereocenters. The highest BCUT2D eigenvalue weighted by Crippen LogP contribution is 2.18. The number of nitrogens with zero attached hydrogens (tertiary/aromatic N) is 2. The molecule has 1 heterocycles. The highest BCUT2D eigenvalue weighted by molar-refractivity contribution is 5.46. The minimum atomic E-state index is -0.169. The molecular formula is C16H23N3O2. The molecule has 21 heavy (non-hydrogen) atoms. The predicted octanol–water partition coefficient (Wildman–Crippen LogP) is 2.36. The Kier molecular flexibility index (Phi) is 4.40. The molecule has 2 N–H and O–H groups in total. The Bertz CT molecular complexity index is 666. The Hall–Kier alpha value is -2.17. The number of nitrogen functional groups attached to an aromatic ring is 1. The molecular weight excluding hydrogens is 266 g/mol. The molecule has 0 fully saturated rings. The van der Waals surface area contributed by atoms with E-state index in [4.69, 9.17) is 10.5 Å². The molecule has 0 unspecified atom stereocenters. The summed E-state index contributed by atoms with van der Waals surface area (Å²) in [6.07, 6.45) is 0.779. The molecule has 5 heteroatoms. The van der Waals surface area contributed by atoms with Crippen LogP contribution < -0.4 is 16.0 Å². The largest absolute Gasteiger partial charge is 0.494 e. The lowest BCUT2D eigenvalue weighted by molar-refractivity contribution is 0.340. The van der Waals surface area contributed by atoms with E-state index >= 15 is 0 Å². The van der Waals surface area contributed by atoms with Crippen molar-refractivity contribution in [2.45, 2.75) is 27.2 Å². The van der Waals surface area contributed by atoms with Crippen molar-refractivity contribution in [1.29, 1.82) is 0 Å². The Morgan fingerprint density at radius 1 is 1.24 bits per heavy atom. The molecule has 5 nitrogen and oxygen atoms in total. The summed E-state index contributed by atoms with van der Waals surface area (Å²) in [5.41, 5.74) is 7.82. The van der Waals surface area contributed by atoms with Crippen LogP contribution in [-0.2, 0) is 13.5 Å². The predicted molar refractivity (Wildman–Crippen MR) is 85.1 cm³/mol. The molecule has 1 aromatic heterocycles. The average molecular weight is 289 g/mol. The molecule has 0 saturated heterocycles. The van der Waals surface area contributed by atoms with Crippen molar-refractivity contribution in [2.24, 2.45) is 13.0 Å². The van der Waals surface area contributed by atoms with Crippen LogP contribution in [0.4, 0.5) is 5.69 Å². The minimum absolute atomic E-state index is 0.169. The van der Waals surface area contributed by atoms with E-state index in [1.54, 1.807) is 4.68 Å². The number of benzene rings is 1. The van der Waals surface area contributed by atoms with Gasteiger partial charge in [-0.15, -0.1) is 0 Å². The summed E-state index contributed by atoms with van der Waals surface area (Å²) in [5.74, 6) is 1.23. The number of aromatic nitrogens is 2. The average Bonchev–Trinajstić information content (AvgIpc) is 2.64. The zero-order valence-electron chi connectivity index (χ0n) is 13.1. The van der Waals surface area contributed by atoms with Gasteiger partial charge in [0.2, 0.25) is 0 Å². The van der Waals surface area contributed by atoms with Gasteiger partial charge in [0.25, 0.3) is 5.56 Å². The van der Waals surface area contributed by atoms with Crippen LogP contribution in [0.5, 0.6) is 5.75 Å². The Morgan fingerprint density at radius 3 is 2.38 bits per heavy atom. The van der Waals surface area contributed by atoms with Crippen LogP contribution in [0.1, 0.15) is 26.5 Å². The topological polar surface area (TPSA) is 62.2 Å². The van der Waals surface area contributed by atoms with E-state index in [1.165, 1.54) is 0 Å². The van der Waals surface area contributed by atoms with E-state index in [1.807, 2.05) is 42.9 Å². The third-order valence-electron chi connectivity index (χ3n) is 3.42. The van der Waals surface area contributed by atoms with E-state index in [0.717, 1.165) is 23.6 Å². The van der Waals surface area contributed by atoms with Gasteiger partial charge in [-0.25, -0.2) is 4.68 Å². The maximum atomic E-state index is 12.4. The molecule has 1 aromatic carbocycles. The first-order chi connectivity index (χ1) is 9.95. The smallest absolute Gasteiger partial charge is 0.294 e. The lowest BCUT2D eigenvalue weighted by Crippen LogP contribution is -2.20. The molecule has 0 bridgehead atoms. The first kappa shape index (κ1) is 15.2. The number of anilines is 1. The van der Waals surface area contributed by atoms with E-state index in [2.05, 4.69) is 13.8 Å². The second-order valence-corrected chi connectivity index (χ2v) is 5.53. The second kappa shape index (κ2) is 6.08. The lowest BCUT2D eigenvalue weighted by Gasteiger charge is -2.12. The number of hydrogen-bond acceptors (Lipinski definition) is 3. The van der Waals surface area contributed by atoms with Crippen molar-refractivity contribution in [3.63, 3.8) is 0 Å². The number of rotatable bonds is 5. The van der Waals surface area contributed by atoms with Crippen LogP contribution in [0.3, 0.4) is 0 Å². The first-order valence-corrected chi connectivity index (χ1v) is 7.25. The number of nitrogens with two attached hydrogens (primary N) is 1.